The van der Waals surface area contributed by atoms with Gasteiger partial charge in [-0.1, -0.05) is 11.6 Å². The average molecular weight is 739 g/mol. The van der Waals surface area contributed by atoms with Gasteiger partial charge in [-0.2, -0.15) is 4.31 Å². The normalized spacial score (nSPS) is 21.8. The van der Waals surface area contributed by atoms with Gasteiger partial charge in [-0.25, -0.2) is 18.2 Å². The molecule has 0 spiro atoms. The highest BCUT2D eigenvalue weighted by Gasteiger charge is 2.59. The highest BCUT2D eigenvalue weighted by molar-refractivity contribution is 7.93. The number of likely N-dealkylation sites (tertiary alicyclic amines) is 3. The minimum Gasteiger partial charge on any atom is -0.497 e. The van der Waals surface area contributed by atoms with Crippen molar-refractivity contribution in [3.8, 4) is 17.4 Å². The van der Waals surface area contributed by atoms with Crippen LogP contribution in [0.15, 0.2) is 59.6 Å². The molecule has 13 nitrogen and oxygen atoms in total. The Labute approximate surface area is 303 Å². The van der Waals surface area contributed by atoms with Gasteiger partial charge in [0.25, 0.3) is 15.9 Å². The number of nitrogens with zero attached hydrogens (tertiary/aromatic N) is 5. The number of carbonyl (C=O) groups is 2. The third kappa shape index (κ3) is 6.15. The quantitative estimate of drug-likeness (QED) is 0.325. The van der Waals surface area contributed by atoms with Gasteiger partial charge in [0.2, 0.25) is 5.88 Å². The Morgan fingerprint density at radius 2 is 1.69 bits per heavy atom. The number of halogens is 1. The first-order valence-electron chi connectivity index (χ1n) is 17.4. The molecule has 7 rings (SSSR count). The standard InChI is InChI=1S/C36H43ClN6O7S/c1-4-50-33-28(8-7-15-38-33)36(39-35(45)42-22-26(23-42)41-18-13-25(14-19-41)40-16-5-6-17-40)29-20-24(37)9-11-30(29)43(34(36)44)51(46,47)32-12-10-27(48-2)21-31(32)49-3/h7-12,15,20-21,25-26H,4-6,13-14,16-19,22-23H2,1-3H3,(H,39,45). The predicted octanol–water partition coefficient (Wildman–Crippen LogP) is 4.08. The van der Waals surface area contributed by atoms with E-state index in [4.69, 9.17) is 25.8 Å². The monoisotopic (exact) mass is 738 g/mol. The van der Waals surface area contributed by atoms with Crippen molar-refractivity contribution in [1.29, 1.82) is 0 Å². The van der Waals surface area contributed by atoms with E-state index >= 15 is 4.79 Å². The fourth-order valence-electron chi connectivity index (χ4n) is 7.88. The van der Waals surface area contributed by atoms with Gasteiger partial charge in [0.1, 0.15) is 16.4 Å². The molecule has 3 fully saturated rings. The topological polar surface area (TPSA) is 134 Å². The second-order valence-electron chi connectivity index (χ2n) is 13.3. The lowest BCUT2D eigenvalue weighted by molar-refractivity contribution is -0.121. The van der Waals surface area contributed by atoms with Crippen molar-refractivity contribution in [3.05, 3.63) is 70.9 Å². The fraction of sp³-hybridized carbons (Fsp3) is 0.472. The van der Waals surface area contributed by atoms with Gasteiger partial charge in [0, 0.05) is 61.1 Å². The van der Waals surface area contributed by atoms with E-state index in [1.807, 2.05) is 0 Å². The Bertz CT molecular complexity index is 1910. The molecule has 1 unspecified atom stereocenters. The highest BCUT2D eigenvalue weighted by atomic mass is 35.5. The molecule has 3 saturated heterocycles. The lowest BCUT2D eigenvalue weighted by atomic mass is 9.84. The minimum absolute atomic E-state index is 0.0216. The van der Waals surface area contributed by atoms with Crippen molar-refractivity contribution in [3.63, 3.8) is 0 Å². The van der Waals surface area contributed by atoms with Gasteiger partial charge in [-0.3, -0.25) is 9.69 Å². The van der Waals surface area contributed by atoms with Crippen molar-refractivity contribution in [2.45, 2.75) is 55.1 Å². The lowest BCUT2D eigenvalue weighted by Gasteiger charge is -2.49. The molecule has 0 saturated carbocycles. The van der Waals surface area contributed by atoms with Crippen molar-refractivity contribution in [2.75, 3.05) is 64.4 Å². The summed E-state index contributed by atoms with van der Waals surface area (Å²) in [6, 6.07) is 12.2. The molecule has 51 heavy (non-hydrogen) atoms. The van der Waals surface area contributed by atoms with Crippen LogP contribution in [-0.4, -0.2) is 112 Å². The molecule has 1 atom stereocenters. The summed E-state index contributed by atoms with van der Waals surface area (Å²) in [4.78, 5) is 40.2. The average Bonchev–Trinajstić information content (AvgIpc) is 3.74. The number of piperidine rings is 1. The first-order valence-corrected chi connectivity index (χ1v) is 19.2. The summed E-state index contributed by atoms with van der Waals surface area (Å²) in [7, 11) is -1.86. The van der Waals surface area contributed by atoms with E-state index < -0.39 is 27.5 Å². The summed E-state index contributed by atoms with van der Waals surface area (Å²) in [5.41, 5.74) is -1.70. The van der Waals surface area contributed by atoms with E-state index in [0.29, 0.717) is 29.2 Å². The molecular formula is C36H43ClN6O7S. The summed E-state index contributed by atoms with van der Waals surface area (Å²) in [5, 5.41) is 3.23. The summed E-state index contributed by atoms with van der Waals surface area (Å²) < 4.78 is 46.5. The second-order valence-corrected chi connectivity index (χ2v) is 15.5. The molecule has 272 valence electrons. The molecule has 4 aliphatic rings. The Kier molecular flexibility index (Phi) is 9.78. The maximum absolute atomic E-state index is 15.1. The molecule has 2 aromatic carbocycles. The van der Waals surface area contributed by atoms with Crippen LogP contribution < -0.4 is 23.8 Å². The number of hydrogen-bond donors (Lipinski definition) is 1. The zero-order valence-corrected chi connectivity index (χ0v) is 30.6. The fourth-order valence-corrected chi connectivity index (χ4v) is 9.66. The van der Waals surface area contributed by atoms with Crippen LogP contribution in [0.3, 0.4) is 0 Å². The predicted molar refractivity (Wildman–Crippen MR) is 191 cm³/mol. The van der Waals surface area contributed by atoms with E-state index in [1.165, 1.54) is 82.7 Å². The number of amides is 3. The number of hydrogen-bond acceptors (Lipinski definition) is 10. The van der Waals surface area contributed by atoms with Crippen molar-refractivity contribution < 1.29 is 32.2 Å². The second kappa shape index (κ2) is 14.1. The Morgan fingerprint density at radius 3 is 2.37 bits per heavy atom. The Hall–Kier alpha value is -4.11. The van der Waals surface area contributed by atoms with Gasteiger partial charge >= 0.3 is 6.03 Å². The molecule has 0 aliphatic carbocycles. The summed E-state index contributed by atoms with van der Waals surface area (Å²) >= 11 is 6.55. The van der Waals surface area contributed by atoms with Crippen LogP contribution in [0.5, 0.6) is 17.4 Å². The molecular weight excluding hydrogens is 696 g/mol. The zero-order chi connectivity index (χ0) is 35.9. The number of urea groups is 1. The van der Waals surface area contributed by atoms with Gasteiger partial charge in [0.05, 0.1) is 32.1 Å². The third-order valence-electron chi connectivity index (χ3n) is 10.5. The van der Waals surface area contributed by atoms with Crippen LogP contribution in [0.1, 0.15) is 43.7 Å². The van der Waals surface area contributed by atoms with Crippen LogP contribution in [0.4, 0.5) is 10.5 Å². The number of fused-ring (bicyclic) bond motifs is 1. The maximum atomic E-state index is 15.1. The van der Waals surface area contributed by atoms with Crippen LogP contribution in [0.25, 0.3) is 0 Å². The Morgan fingerprint density at radius 1 is 0.961 bits per heavy atom. The van der Waals surface area contributed by atoms with E-state index in [9.17, 15) is 13.2 Å². The highest BCUT2D eigenvalue weighted by Crippen LogP contribution is 2.50. The SMILES string of the molecule is CCOc1ncccc1C1(NC(=O)N2CC(N3CCC(N4CCCC4)CC3)C2)C(=O)N(S(=O)(=O)c2ccc(OC)cc2OC)c2ccc(Cl)cc21. The van der Waals surface area contributed by atoms with Crippen LogP contribution in [0.2, 0.25) is 5.02 Å². The molecule has 15 heteroatoms. The molecule has 1 aromatic heterocycles. The molecule has 0 radical (unpaired) electrons. The van der Waals surface area contributed by atoms with Gasteiger partial charge in [0.15, 0.2) is 5.54 Å². The number of anilines is 1. The number of carbonyl (C=O) groups excluding carboxylic acids is 2. The van der Waals surface area contributed by atoms with Gasteiger partial charge in [-0.05, 0) is 88.2 Å². The minimum atomic E-state index is -4.64. The van der Waals surface area contributed by atoms with Crippen LogP contribution in [-0.2, 0) is 20.4 Å². The molecule has 5 heterocycles. The number of rotatable bonds is 10. The third-order valence-corrected chi connectivity index (χ3v) is 12.5. The molecule has 1 N–H and O–H groups in total. The summed E-state index contributed by atoms with van der Waals surface area (Å²) in [6.07, 6.45) is 6.28. The zero-order valence-electron chi connectivity index (χ0n) is 29.0. The van der Waals surface area contributed by atoms with Gasteiger partial charge in [-0.15, -0.1) is 0 Å². The molecule has 3 amide bonds. The molecule has 3 aromatic rings. The maximum Gasteiger partial charge on any atom is 0.318 e. The molecule has 0 bridgehead atoms. The number of sulfonamides is 1. The number of pyridine rings is 1. The Balaban J connectivity index is 1.23. The van der Waals surface area contributed by atoms with Crippen LogP contribution >= 0.6 is 11.6 Å². The van der Waals surface area contributed by atoms with Crippen molar-refractivity contribution in [2.24, 2.45) is 0 Å². The number of ether oxygens (including phenoxy) is 3. The smallest absolute Gasteiger partial charge is 0.318 e. The first-order chi connectivity index (χ1) is 24.6. The largest absolute Gasteiger partial charge is 0.497 e. The number of nitrogens with one attached hydrogen (secondary N) is 1. The summed E-state index contributed by atoms with van der Waals surface area (Å²) in [6.45, 7) is 7.25. The van der Waals surface area contributed by atoms with Crippen molar-refractivity contribution in [1.82, 2.24) is 25.0 Å². The van der Waals surface area contributed by atoms with Gasteiger partial charge < -0.3 is 29.3 Å². The summed E-state index contributed by atoms with van der Waals surface area (Å²) in [5.74, 6) is -0.524. The van der Waals surface area contributed by atoms with E-state index in [2.05, 4.69) is 20.1 Å². The van der Waals surface area contributed by atoms with Crippen LogP contribution in [0, 0.1) is 0 Å². The number of benzene rings is 2. The van der Waals surface area contributed by atoms with Crippen molar-refractivity contribution >= 4 is 39.2 Å². The number of aromatic nitrogens is 1. The van der Waals surface area contributed by atoms with E-state index in [1.54, 1.807) is 24.0 Å². The van der Waals surface area contributed by atoms with E-state index in [0.717, 1.165) is 25.9 Å². The lowest BCUT2D eigenvalue weighted by Crippen LogP contribution is -2.67. The van der Waals surface area contributed by atoms with E-state index in [-0.39, 0.29) is 51.0 Å². The number of methoxy groups -OCH3 is 2. The first kappa shape index (κ1) is 35.3. The molecule has 4 aliphatic heterocycles.